The van der Waals surface area contributed by atoms with E-state index < -0.39 is 40.2 Å². The lowest BCUT2D eigenvalue weighted by Gasteiger charge is -2.40. The van der Waals surface area contributed by atoms with E-state index in [1.807, 2.05) is 0 Å². The second-order valence-electron chi connectivity index (χ2n) is 8.95. The van der Waals surface area contributed by atoms with Gasteiger partial charge in [-0.3, -0.25) is 0 Å². The highest BCUT2D eigenvalue weighted by molar-refractivity contribution is 5.91. The van der Waals surface area contributed by atoms with Crippen LogP contribution < -0.4 is 18.9 Å². The zero-order chi connectivity index (χ0) is 32.8. The molecule has 0 N–H and O–H groups in total. The van der Waals surface area contributed by atoms with Gasteiger partial charge in [0.2, 0.25) is 5.41 Å². The van der Waals surface area contributed by atoms with Crippen LogP contribution in [-0.4, -0.2) is 12.4 Å². The number of benzene rings is 4. The maximum Gasteiger partial charge on any atom is 0.411 e. The zero-order valence-corrected chi connectivity index (χ0v) is 22.3. The molecule has 4 aromatic carbocycles. The third-order valence-corrected chi connectivity index (χ3v) is 6.64. The highest BCUT2D eigenvalue weighted by atomic mass is 19.4. The third-order valence-electron chi connectivity index (χ3n) is 6.64. The molecule has 4 aromatic rings. The molecule has 8 nitrogen and oxygen atoms in total. The van der Waals surface area contributed by atoms with Crippen LogP contribution in [-0.2, 0) is 5.41 Å². The minimum atomic E-state index is -6.03. The summed E-state index contributed by atoms with van der Waals surface area (Å²) in [7, 11) is 0. The van der Waals surface area contributed by atoms with Gasteiger partial charge in [-0.15, -0.1) is 21.0 Å². The van der Waals surface area contributed by atoms with Crippen LogP contribution in [0.1, 0.15) is 11.1 Å². The van der Waals surface area contributed by atoms with Crippen LogP contribution >= 0.6 is 0 Å². The van der Waals surface area contributed by atoms with Gasteiger partial charge in [0.1, 0.15) is 17.2 Å². The largest absolute Gasteiger partial charge is 0.411 e. The van der Waals surface area contributed by atoms with E-state index in [-0.39, 0.29) is 33.9 Å². The molecule has 0 aliphatic rings. The Kier molecular flexibility index (Phi) is 8.74. The van der Waals surface area contributed by atoms with Crippen molar-refractivity contribution in [1.82, 2.24) is 0 Å². The van der Waals surface area contributed by atoms with Crippen molar-refractivity contribution < 1.29 is 45.3 Å². The van der Waals surface area contributed by atoms with Crippen molar-refractivity contribution in [2.24, 2.45) is 0 Å². The first-order valence-corrected chi connectivity index (χ1v) is 12.3. The lowest BCUT2D eigenvalue weighted by atomic mass is 9.69. The number of hydrogen-bond donors (Lipinski definition) is 0. The molecule has 0 radical (unpaired) electrons. The first-order chi connectivity index (χ1) is 21.4. The van der Waals surface area contributed by atoms with Crippen LogP contribution in [0, 0.1) is 46.1 Å². The maximum absolute atomic E-state index is 15.3. The molecule has 0 bridgehead atoms. The topological polar surface area (TPSA) is 132 Å². The molecule has 0 fully saturated rings. The molecule has 0 saturated heterocycles. The first kappa shape index (κ1) is 31.6. The summed E-state index contributed by atoms with van der Waals surface area (Å²) in [5, 5.41) is 35.7. The number of hydrogen-bond acceptors (Lipinski definition) is 8. The fourth-order valence-electron chi connectivity index (χ4n) is 4.88. The van der Waals surface area contributed by atoms with Crippen molar-refractivity contribution in [2.45, 2.75) is 17.8 Å². The molecule has 0 atom stereocenters. The number of alkyl halides is 6. The Labute approximate surface area is 250 Å². The highest BCUT2D eigenvalue weighted by Gasteiger charge is 2.73. The molecule has 0 heterocycles. The van der Waals surface area contributed by atoms with E-state index in [0.29, 0.717) is 18.2 Å². The van der Waals surface area contributed by atoms with E-state index >= 15 is 26.3 Å². The van der Waals surface area contributed by atoms with E-state index in [0.717, 1.165) is 42.5 Å². The molecule has 0 amide bonds. The molecule has 0 spiro atoms. The minimum Gasteiger partial charge on any atom is -0.388 e. The molecule has 14 heteroatoms. The van der Waals surface area contributed by atoms with Gasteiger partial charge in [-0.25, -0.2) is 0 Å². The van der Waals surface area contributed by atoms with Gasteiger partial charge in [-0.05, 0) is 70.3 Å². The molecular formula is C31H14F6N4O4. The molecule has 4 rings (SSSR count). The third kappa shape index (κ3) is 5.81. The normalized spacial score (nSPS) is 11.2. The van der Waals surface area contributed by atoms with Crippen molar-refractivity contribution in [3.63, 3.8) is 0 Å². The van der Waals surface area contributed by atoms with Gasteiger partial charge in [0.05, 0.1) is 0 Å². The summed E-state index contributed by atoms with van der Waals surface area (Å²) >= 11 is 0. The Morgan fingerprint density at radius 3 is 1.20 bits per heavy atom. The summed E-state index contributed by atoms with van der Waals surface area (Å²) in [6, 6.07) is 13.6. The zero-order valence-electron chi connectivity index (χ0n) is 22.3. The smallest absolute Gasteiger partial charge is 0.388 e. The Morgan fingerprint density at radius 2 is 0.822 bits per heavy atom. The summed E-state index contributed by atoms with van der Waals surface area (Å²) in [6.45, 7) is 0. The molecule has 0 aliphatic heterocycles. The Hall–Kier alpha value is -6.38. The lowest BCUT2D eigenvalue weighted by Crippen LogP contribution is -2.55. The monoisotopic (exact) mass is 620 g/mol. The van der Waals surface area contributed by atoms with Crippen LogP contribution in [0.2, 0.25) is 0 Å². The average molecular weight is 620 g/mol. The molecule has 0 aromatic heterocycles. The van der Waals surface area contributed by atoms with Crippen molar-refractivity contribution in [3.8, 4) is 70.3 Å². The van der Waals surface area contributed by atoms with Crippen LogP contribution in [0.25, 0.3) is 22.3 Å². The van der Waals surface area contributed by atoms with Crippen molar-refractivity contribution in [1.29, 1.82) is 21.0 Å². The molecular weight excluding hydrogens is 606 g/mol. The predicted molar refractivity (Wildman–Crippen MR) is 142 cm³/mol. The van der Waals surface area contributed by atoms with Crippen molar-refractivity contribution >= 4 is 0 Å². The Bertz CT molecular complexity index is 1850. The van der Waals surface area contributed by atoms with Gasteiger partial charge in [0.25, 0.3) is 25.0 Å². The van der Waals surface area contributed by atoms with E-state index in [1.165, 1.54) is 49.3 Å². The van der Waals surface area contributed by atoms with Crippen LogP contribution in [0.15, 0.2) is 84.9 Å². The number of ether oxygens (including phenoxy) is 4. The molecule has 0 aliphatic carbocycles. The first-order valence-electron chi connectivity index (χ1n) is 12.3. The summed E-state index contributed by atoms with van der Waals surface area (Å²) in [5.74, 6) is -0.735. The SMILES string of the molecule is N#COc1ccc(-c2c(OC#N)ccc(C(c3ccc(OC#N)cc3)(C(F)(F)F)C(F)(F)F)c2-c2ccc(OC#N)cc2)cc1. The molecule has 0 saturated carbocycles. The number of nitriles is 4. The second kappa shape index (κ2) is 12.5. The predicted octanol–water partition coefficient (Wildman–Crippen LogP) is 7.87. The van der Waals surface area contributed by atoms with E-state index in [9.17, 15) is 5.26 Å². The second-order valence-corrected chi connectivity index (χ2v) is 8.95. The summed E-state index contributed by atoms with van der Waals surface area (Å²) in [6.07, 6.45) is -6.52. The standard InChI is InChI=1S/C31H14F6N4O4/c32-30(33,34)29(31(35,36)37,21-5-11-24(12-6-21)44-17-40)25-13-14-26(45-18-41)28(20-3-9-23(10-4-20)43-16-39)27(25)19-1-7-22(8-2-19)42-15-38/h1-14H. The number of halogens is 6. The number of rotatable bonds is 8. The lowest BCUT2D eigenvalue weighted by molar-refractivity contribution is -0.288. The van der Waals surface area contributed by atoms with Crippen LogP contribution in [0.3, 0.4) is 0 Å². The maximum atomic E-state index is 15.3. The summed E-state index contributed by atoms with van der Waals surface area (Å²) in [4.78, 5) is 0. The number of nitrogens with zero attached hydrogens (tertiary/aromatic N) is 4. The van der Waals surface area contributed by atoms with Gasteiger partial charge >= 0.3 is 12.4 Å². The van der Waals surface area contributed by atoms with E-state index in [1.54, 1.807) is 0 Å². The van der Waals surface area contributed by atoms with E-state index in [2.05, 4.69) is 4.74 Å². The Morgan fingerprint density at radius 1 is 0.444 bits per heavy atom. The minimum absolute atomic E-state index is 0.00393. The van der Waals surface area contributed by atoms with Crippen molar-refractivity contribution in [2.75, 3.05) is 0 Å². The quantitative estimate of drug-likeness (QED) is 0.144. The molecule has 45 heavy (non-hydrogen) atoms. The molecule has 224 valence electrons. The average Bonchev–Trinajstić information content (AvgIpc) is 2.99. The fourth-order valence-corrected chi connectivity index (χ4v) is 4.88. The summed E-state index contributed by atoms with van der Waals surface area (Å²) in [5.41, 5.74) is -8.41. The van der Waals surface area contributed by atoms with Gasteiger partial charge in [0.15, 0.2) is 5.75 Å². The van der Waals surface area contributed by atoms with Crippen LogP contribution in [0.4, 0.5) is 26.3 Å². The van der Waals surface area contributed by atoms with Gasteiger partial charge < -0.3 is 18.9 Å². The van der Waals surface area contributed by atoms with Gasteiger partial charge in [-0.1, -0.05) is 42.5 Å². The van der Waals surface area contributed by atoms with Gasteiger partial charge in [0, 0.05) is 5.56 Å². The van der Waals surface area contributed by atoms with Gasteiger partial charge in [-0.2, -0.15) is 26.3 Å². The van der Waals surface area contributed by atoms with E-state index in [4.69, 9.17) is 30.0 Å². The highest BCUT2D eigenvalue weighted by Crippen LogP contribution is 2.60. The van der Waals surface area contributed by atoms with Crippen molar-refractivity contribution in [3.05, 3.63) is 96.1 Å². The fraction of sp³-hybridized carbons (Fsp3) is 0.0968. The van der Waals surface area contributed by atoms with Crippen LogP contribution in [0.5, 0.6) is 23.0 Å². The Balaban J connectivity index is 2.22. The summed E-state index contributed by atoms with van der Waals surface area (Å²) < 4.78 is 111. The molecule has 0 unspecified atom stereocenters.